The molecule has 0 spiro atoms. The van der Waals surface area contributed by atoms with E-state index in [2.05, 4.69) is 0 Å². The van der Waals surface area contributed by atoms with E-state index < -0.39 is 5.92 Å². The molecule has 1 saturated heterocycles. The Labute approximate surface area is 88.9 Å². The molecule has 1 rings (SSSR count). The van der Waals surface area contributed by atoms with Gasteiger partial charge in [0, 0.05) is 19.4 Å². The van der Waals surface area contributed by atoms with Gasteiger partial charge in [-0.05, 0) is 19.0 Å². The zero-order valence-electron chi connectivity index (χ0n) is 9.01. The molecule has 0 N–H and O–H groups in total. The van der Waals surface area contributed by atoms with Gasteiger partial charge in [0.15, 0.2) is 5.78 Å². The summed E-state index contributed by atoms with van der Waals surface area (Å²) in [5, 5.41) is 0. The molecule has 0 saturated carbocycles. The third-order valence-electron chi connectivity index (χ3n) is 2.49. The van der Waals surface area contributed by atoms with E-state index in [9.17, 15) is 13.6 Å². The maximum atomic E-state index is 13.0. The highest BCUT2D eigenvalue weighted by Crippen LogP contribution is 2.26. The second-order valence-corrected chi connectivity index (χ2v) is 3.92. The van der Waals surface area contributed by atoms with Crippen LogP contribution in [0.15, 0.2) is 12.2 Å². The molecule has 1 heterocycles. The van der Waals surface area contributed by atoms with Crippen molar-refractivity contribution in [1.82, 2.24) is 4.90 Å². The third kappa shape index (κ3) is 4.51. The molecule has 1 aliphatic rings. The van der Waals surface area contributed by atoms with Crippen LogP contribution in [0.4, 0.5) is 8.78 Å². The summed E-state index contributed by atoms with van der Waals surface area (Å²) in [5.74, 6) is -2.51. The molecule has 0 aliphatic carbocycles. The van der Waals surface area contributed by atoms with Crippen LogP contribution in [-0.4, -0.2) is 36.2 Å². The van der Waals surface area contributed by atoms with E-state index in [0.717, 1.165) is 0 Å². The monoisotopic (exact) mass is 217 g/mol. The SMILES string of the molecule is CCC(=O)/C=C/CN1CCCC(F)(F)C1. The Balaban J connectivity index is 2.33. The van der Waals surface area contributed by atoms with Crippen molar-refractivity contribution in [3.63, 3.8) is 0 Å². The highest BCUT2D eigenvalue weighted by Gasteiger charge is 2.34. The van der Waals surface area contributed by atoms with Crippen LogP contribution in [0, 0.1) is 0 Å². The average Bonchev–Trinajstić information content (AvgIpc) is 2.16. The summed E-state index contributed by atoms with van der Waals surface area (Å²) in [5.41, 5.74) is 0. The van der Waals surface area contributed by atoms with Gasteiger partial charge in [-0.2, -0.15) is 0 Å². The molecular weight excluding hydrogens is 200 g/mol. The highest BCUT2D eigenvalue weighted by atomic mass is 19.3. The van der Waals surface area contributed by atoms with Gasteiger partial charge in [0.2, 0.25) is 0 Å². The largest absolute Gasteiger partial charge is 0.295 e. The number of allylic oxidation sites excluding steroid dienone is 1. The topological polar surface area (TPSA) is 20.3 Å². The molecule has 0 aromatic carbocycles. The maximum absolute atomic E-state index is 13.0. The molecule has 0 atom stereocenters. The van der Waals surface area contributed by atoms with Gasteiger partial charge in [0.05, 0.1) is 6.54 Å². The molecule has 15 heavy (non-hydrogen) atoms. The van der Waals surface area contributed by atoms with Crippen molar-refractivity contribution < 1.29 is 13.6 Å². The molecule has 0 radical (unpaired) electrons. The Morgan fingerprint density at radius 1 is 1.53 bits per heavy atom. The molecule has 0 amide bonds. The summed E-state index contributed by atoms with van der Waals surface area (Å²) >= 11 is 0. The first-order valence-corrected chi connectivity index (χ1v) is 5.33. The quantitative estimate of drug-likeness (QED) is 0.673. The molecule has 86 valence electrons. The summed E-state index contributed by atoms with van der Waals surface area (Å²) in [6, 6.07) is 0. The zero-order valence-corrected chi connectivity index (χ0v) is 9.01. The molecule has 1 fully saturated rings. The first kappa shape index (κ1) is 12.3. The van der Waals surface area contributed by atoms with Gasteiger partial charge in [-0.1, -0.05) is 13.0 Å². The lowest BCUT2D eigenvalue weighted by atomic mass is 10.1. The molecular formula is C11H17F2NO. The molecule has 0 aromatic heterocycles. The van der Waals surface area contributed by atoms with Crippen molar-refractivity contribution in [2.45, 2.75) is 32.1 Å². The molecule has 4 heteroatoms. The van der Waals surface area contributed by atoms with Crippen LogP contribution < -0.4 is 0 Å². The molecule has 1 aliphatic heterocycles. The fourth-order valence-corrected chi connectivity index (χ4v) is 1.65. The molecule has 0 bridgehead atoms. The van der Waals surface area contributed by atoms with Gasteiger partial charge in [-0.3, -0.25) is 9.69 Å². The second-order valence-electron chi connectivity index (χ2n) is 3.92. The fourth-order valence-electron chi connectivity index (χ4n) is 1.65. The van der Waals surface area contributed by atoms with Crippen molar-refractivity contribution in [1.29, 1.82) is 0 Å². The lowest BCUT2D eigenvalue weighted by Gasteiger charge is -2.31. The van der Waals surface area contributed by atoms with E-state index in [4.69, 9.17) is 0 Å². The predicted octanol–water partition coefficient (Wildman–Crippen LogP) is 2.25. The van der Waals surface area contributed by atoms with E-state index >= 15 is 0 Å². The molecule has 0 unspecified atom stereocenters. The number of ketones is 1. The Kier molecular flexibility index (Phi) is 4.39. The van der Waals surface area contributed by atoms with Crippen LogP contribution in [0.1, 0.15) is 26.2 Å². The highest BCUT2D eigenvalue weighted by molar-refractivity contribution is 5.89. The van der Waals surface area contributed by atoms with Crippen LogP contribution in [0.3, 0.4) is 0 Å². The molecule has 0 aromatic rings. The minimum atomic E-state index is -2.55. The summed E-state index contributed by atoms with van der Waals surface area (Å²) in [4.78, 5) is 12.6. The second kappa shape index (κ2) is 5.35. The lowest BCUT2D eigenvalue weighted by molar-refractivity contribution is -0.114. The number of hydrogen-bond acceptors (Lipinski definition) is 2. The first-order valence-electron chi connectivity index (χ1n) is 5.33. The predicted molar refractivity (Wildman–Crippen MR) is 55.1 cm³/mol. The van der Waals surface area contributed by atoms with Crippen molar-refractivity contribution in [2.24, 2.45) is 0 Å². The van der Waals surface area contributed by atoms with Crippen molar-refractivity contribution >= 4 is 5.78 Å². The van der Waals surface area contributed by atoms with Gasteiger partial charge in [-0.25, -0.2) is 8.78 Å². The summed E-state index contributed by atoms with van der Waals surface area (Å²) < 4.78 is 25.9. The van der Waals surface area contributed by atoms with E-state index in [1.54, 1.807) is 17.9 Å². The van der Waals surface area contributed by atoms with Crippen molar-refractivity contribution in [3.8, 4) is 0 Å². The van der Waals surface area contributed by atoms with Crippen molar-refractivity contribution in [2.75, 3.05) is 19.6 Å². The van der Waals surface area contributed by atoms with Gasteiger partial charge in [-0.15, -0.1) is 0 Å². The first-order chi connectivity index (χ1) is 7.03. The number of likely N-dealkylation sites (tertiary alicyclic amines) is 1. The average molecular weight is 217 g/mol. The third-order valence-corrected chi connectivity index (χ3v) is 2.49. The van der Waals surface area contributed by atoms with Gasteiger partial charge in [0.1, 0.15) is 0 Å². The zero-order chi connectivity index (χ0) is 11.3. The van der Waals surface area contributed by atoms with Crippen LogP contribution in [-0.2, 0) is 4.79 Å². The Bertz CT molecular complexity index is 251. The van der Waals surface area contributed by atoms with Crippen molar-refractivity contribution in [3.05, 3.63) is 12.2 Å². The Hall–Kier alpha value is -0.770. The van der Waals surface area contributed by atoms with E-state index in [0.29, 0.717) is 25.9 Å². The van der Waals surface area contributed by atoms with Crippen LogP contribution in [0.5, 0.6) is 0 Å². The normalized spacial score (nSPS) is 22.1. The fraction of sp³-hybridized carbons (Fsp3) is 0.727. The van der Waals surface area contributed by atoms with Crippen LogP contribution >= 0.6 is 0 Å². The number of nitrogens with zero attached hydrogens (tertiary/aromatic N) is 1. The number of piperidine rings is 1. The van der Waals surface area contributed by atoms with E-state index in [1.807, 2.05) is 0 Å². The van der Waals surface area contributed by atoms with Crippen LogP contribution in [0.2, 0.25) is 0 Å². The lowest BCUT2D eigenvalue weighted by Crippen LogP contribution is -2.42. The molecule has 2 nitrogen and oxygen atoms in total. The van der Waals surface area contributed by atoms with Gasteiger partial charge < -0.3 is 0 Å². The Morgan fingerprint density at radius 2 is 2.27 bits per heavy atom. The summed E-state index contributed by atoms with van der Waals surface area (Å²) in [7, 11) is 0. The maximum Gasteiger partial charge on any atom is 0.260 e. The van der Waals surface area contributed by atoms with Gasteiger partial charge in [0.25, 0.3) is 5.92 Å². The Morgan fingerprint density at radius 3 is 2.87 bits per heavy atom. The number of carbonyl (C=O) groups excluding carboxylic acids is 1. The minimum Gasteiger partial charge on any atom is -0.295 e. The number of halogens is 2. The summed E-state index contributed by atoms with van der Waals surface area (Å²) in [6.45, 7) is 2.74. The van der Waals surface area contributed by atoms with Gasteiger partial charge >= 0.3 is 0 Å². The smallest absolute Gasteiger partial charge is 0.260 e. The number of alkyl halides is 2. The standard InChI is InChI=1S/C11H17F2NO/c1-2-10(15)5-3-7-14-8-4-6-11(12,13)9-14/h3,5H,2,4,6-9H2,1H3/b5-3+. The number of hydrogen-bond donors (Lipinski definition) is 0. The van der Waals surface area contributed by atoms with E-state index in [-0.39, 0.29) is 18.7 Å². The van der Waals surface area contributed by atoms with E-state index in [1.165, 1.54) is 6.08 Å². The number of carbonyl (C=O) groups is 1. The minimum absolute atomic E-state index is 0.0128. The number of rotatable bonds is 4. The summed E-state index contributed by atoms with van der Waals surface area (Å²) in [6.07, 6.45) is 4.14. The van der Waals surface area contributed by atoms with Crippen LogP contribution in [0.25, 0.3) is 0 Å².